The molecule has 0 amide bonds. The molecule has 0 saturated heterocycles. The molecule has 0 aliphatic rings. The minimum absolute atomic E-state index is 0.155. The molecule has 0 radical (unpaired) electrons. The molecule has 0 unspecified atom stereocenters. The summed E-state index contributed by atoms with van der Waals surface area (Å²) < 4.78 is 19.2. The number of nitrogen functional groups attached to an aromatic ring is 1. The minimum atomic E-state index is -0.276. The van der Waals surface area contributed by atoms with Gasteiger partial charge in [0.15, 0.2) is 0 Å². The molecule has 0 spiro atoms. The maximum atomic E-state index is 13.6. The number of aryl methyl sites for hydroxylation is 1. The number of anilines is 1. The fourth-order valence-electron chi connectivity index (χ4n) is 2.27. The Labute approximate surface area is 138 Å². The number of hydrogen-bond acceptors (Lipinski definition) is 4. The lowest BCUT2D eigenvalue weighted by atomic mass is 10.1. The third kappa shape index (κ3) is 3.87. The summed E-state index contributed by atoms with van der Waals surface area (Å²) in [6.45, 7) is 2.13. The van der Waals surface area contributed by atoms with Gasteiger partial charge in [0.25, 0.3) is 0 Å². The van der Waals surface area contributed by atoms with Crippen LogP contribution in [0, 0.1) is 12.7 Å². The molecule has 23 heavy (non-hydrogen) atoms. The van der Waals surface area contributed by atoms with Crippen molar-refractivity contribution in [2.75, 3.05) is 5.73 Å². The van der Waals surface area contributed by atoms with Crippen LogP contribution in [-0.4, -0.2) is 4.98 Å². The van der Waals surface area contributed by atoms with Gasteiger partial charge in [-0.05, 0) is 30.7 Å². The van der Waals surface area contributed by atoms with Crippen LogP contribution in [0.25, 0.3) is 0 Å². The van der Waals surface area contributed by atoms with Crippen LogP contribution in [0.2, 0.25) is 0 Å². The first-order valence-corrected chi connectivity index (χ1v) is 8.15. The summed E-state index contributed by atoms with van der Waals surface area (Å²) in [6, 6.07) is 12.2. The maximum Gasteiger partial charge on any atom is 0.142 e. The molecule has 2 N–H and O–H groups in total. The minimum Gasteiger partial charge on any atom is -0.487 e. The molecule has 118 valence electrons. The number of halogens is 1. The van der Waals surface area contributed by atoms with Gasteiger partial charge in [-0.2, -0.15) is 0 Å². The molecule has 3 aromatic rings. The smallest absolute Gasteiger partial charge is 0.142 e. The predicted molar refractivity (Wildman–Crippen MR) is 91.2 cm³/mol. The van der Waals surface area contributed by atoms with Gasteiger partial charge in [0, 0.05) is 23.1 Å². The van der Waals surface area contributed by atoms with Crippen LogP contribution < -0.4 is 10.5 Å². The highest BCUT2D eigenvalue weighted by Crippen LogP contribution is 2.25. The molecule has 3 nitrogen and oxygen atoms in total. The standard InChI is InChI=1S/C18H17FN2OS/c1-12-11-23-18(21-12)9-13-6-7-17(16(20)8-13)22-10-14-4-2-3-5-15(14)19/h2-8,11H,9-10,20H2,1H3. The molecule has 0 bridgehead atoms. The van der Waals surface area contributed by atoms with E-state index in [4.69, 9.17) is 10.5 Å². The molecule has 5 heteroatoms. The second-order valence-electron chi connectivity index (χ2n) is 5.31. The first-order chi connectivity index (χ1) is 11.1. The molecule has 2 aromatic carbocycles. The predicted octanol–water partition coefficient (Wildman–Crippen LogP) is 4.34. The molecule has 0 aliphatic carbocycles. The SMILES string of the molecule is Cc1csc(Cc2ccc(OCc3ccccc3F)c(N)c2)n1. The Bertz CT molecular complexity index is 816. The molecule has 1 heterocycles. The van der Waals surface area contributed by atoms with Crippen LogP contribution in [0.3, 0.4) is 0 Å². The molecule has 0 saturated carbocycles. The molecule has 0 atom stereocenters. The van der Waals surface area contributed by atoms with Crippen LogP contribution in [-0.2, 0) is 13.0 Å². The van der Waals surface area contributed by atoms with E-state index in [9.17, 15) is 4.39 Å². The van der Waals surface area contributed by atoms with Crippen molar-refractivity contribution in [1.82, 2.24) is 4.98 Å². The zero-order valence-corrected chi connectivity index (χ0v) is 13.6. The molecule has 1 aromatic heterocycles. The Morgan fingerprint density at radius 3 is 2.74 bits per heavy atom. The van der Waals surface area contributed by atoms with Gasteiger partial charge in [0.2, 0.25) is 0 Å². The van der Waals surface area contributed by atoms with E-state index in [0.717, 1.165) is 22.7 Å². The van der Waals surface area contributed by atoms with E-state index in [1.165, 1.54) is 6.07 Å². The Balaban J connectivity index is 1.68. The van der Waals surface area contributed by atoms with Gasteiger partial charge in [0.05, 0.1) is 10.7 Å². The van der Waals surface area contributed by atoms with Gasteiger partial charge in [-0.1, -0.05) is 24.3 Å². The fraction of sp³-hybridized carbons (Fsp3) is 0.167. The Hall–Kier alpha value is -2.40. The monoisotopic (exact) mass is 328 g/mol. The van der Waals surface area contributed by atoms with Crippen molar-refractivity contribution in [3.8, 4) is 5.75 Å². The van der Waals surface area contributed by atoms with Crippen LogP contribution in [0.5, 0.6) is 5.75 Å². The summed E-state index contributed by atoms with van der Waals surface area (Å²) in [6.07, 6.45) is 0.746. The average molecular weight is 328 g/mol. The highest BCUT2D eigenvalue weighted by molar-refractivity contribution is 7.09. The number of thiazole rings is 1. The van der Waals surface area contributed by atoms with Crippen LogP contribution >= 0.6 is 11.3 Å². The van der Waals surface area contributed by atoms with Crippen molar-refractivity contribution in [2.45, 2.75) is 20.0 Å². The maximum absolute atomic E-state index is 13.6. The quantitative estimate of drug-likeness (QED) is 0.709. The number of hydrogen-bond donors (Lipinski definition) is 1. The number of nitrogens with zero attached hydrogens (tertiary/aromatic N) is 1. The van der Waals surface area contributed by atoms with E-state index in [1.807, 2.05) is 30.5 Å². The molecule has 3 rings (SSSR count). The number of aromatic nitrogens is 1. The summed E-state index contributed by atoms with van der Waals surface area (Å²) in [5.41, 5.74) is 9.21. The lowest BCUT2D eigenvalue weighted by molar-refractivity contribution is 0.301. The first-order valence-electron chi connectivity index (χ1n) is 7.27. The second-order valence-corrected chi connectivity index (χ2v) is 6.25. The molecular formula is C18H17FN2OS. The van der Waals surface area contributed by atoms with Gasteiger partial charge in [0.1, 0.15) is 18.2 Å². The summed E-state index contributed by atoms with van der Waals surface area (Å²) in [5.74, 6) is 0.286. The van der Waals surface area contributed by atoms with E-state index in [0.29, 0.717) is 17.0 Å². The molecular weight excluding hydrogens is 311 g/mol. The fourth-order valence-corrected chi connectivity index (χ4v) is 3.07. The zero-order valence-electron chi connectivity index (χ0n) is 12.8. The van der Waals surface area contributed by atoms with Crippen molar-refractivity contribution < 1.29 is 9.13 Å². The van der Waals surface area contributed by atoms with Crippen LogP contribution in [0.4, 0.5) is 10.1 Å². The van der Waals surface area contributed by atoms with Crippen LogP contribution in [0.1, 0.15) is 21.8 Å². The van der Waals surface area contributed by atoms with Gasteiger partial charge >= 0.3 is 0 Å². The highest BCUT2D eigenvalue weighted by atomic mass is 32.1. The first kappa shape index (κ1) is 15.5. The third-order valence-corrected chi connectivity index (χ3v) is 4.40. The van der Waals surface area contributed by atoms with Crippen molar-refractivity contribution in [3.63, 3.8) is 0 Å². The summed E-state index contributed by atoms with van der Waals surface area (Å²) in [7, 11) is 0. The topological polar surface area (TPSA) is 48.1 Å². The van der Waals surface area contributed by atoms with Gasteiger partial charge in [-0.3, -0.25) is 0 Å². The second kappa shape index (κ2) is 6.79. The Morgan fingerprint density at radius 1 is 1.22 bits per heavy atom. The number of nitrogens with two attached hydrogens (primary N) is 1. The highest BCUT2D eigenvalue weighted by Gasteiger charge is 2.07. The van der Waals surface area contributed by atoms with E-state index in [2.05, 4.69) is 4.98 Å². The average Bonchev–Trinajstić information content (AvgIpc) is 2.93. The van der Waals surface area contributed by atoms with Gasteiger partial charge < -0.3 is 10.5 Å². The number of ether oxygens (including phenoxy) is 1. The summed E-state index contributed by atoms with van der Waals surface area (Å²) in [4.78, 5) is 4.45. The van der Waals surface area contributed by atoms with Crippen molar-refractivity contribution in [2.24, 2.45) is 0 Å². The van der Waals surface area contributed by atoms with E-state index in [1.54, 1.807) is 29.5 Å². The lowest BCUT2D eigenvalue weighted by Crippen LogP contribution is -2.01. The van der Waals surface area contributed by atoms with E-state index < -0.39 is 0 Å². The largest absolute Gasteiger partial charge is 0.487 e. The number of benzene rings is 2. The Kier molecular flexibility index (Phi) is 4.57. The molecule has 0 fully saturated rings. The van der Waals surface area contributed by atoms with E-state index >= 15 is 0 Å². The third-order valence-electron chi connectivity index (χ3n) is 3.44. The van der Waals surface area contributed by atoms with Crippen molar-refractivity contribution in [1.29, 1.82) is 0 Å². The van der Waals surface area contributed by atoms with Crippen molar-refractivity contribution in [3.05, 3.63) is 75.5 Å². The molecule has 0 aliphatic heterocycles. The number of rotatable bonds is 5. The summed E-state index contributed by atoms with van der Waals surface area (Å²) >= 11 is 1.64. The van der Waals surface area contributed by atoms with E-state index in [-0.39, 0.29) is 12.4 Å². The normalized spacial score (nSPS) is 10.7. The Morgan fingerprint density at radius 2 is 2.04 bits per heavy atom. The van der Waals surface area contributed by atoms with Gasteiger partial charge in [-0.15, -0.1) is 11.3 Å². The summed E-state index contributed by atoms with van der Waals surface area (Å²) in [5, 5.41) is 3.09. The van der Waals surface area contributed by atoms with Gasteiger partial charge in [-0.25, -0.2) is 9.37 Å². The van der Waals surface area contributed by atoms with Crippen molar-refractivity contribution >= 4 is 17.0 Å². The van der Waals surface area contributed by atoms with Crippen LogP contribution in [0.15, 0.2) is 47.8 Å². The zero-order chi connectivity index (χ0) is 16.2. The lowest BCUT2D eigenvalue weighted by Gasteiger charge is -2.10.